The summed E-state index contributed by atoms with van der Waals surface area (Å²) in [5.41, 5.74) is 5.54. The van der Waals surface area contributed by atoms with Gasteiger partial charge in [0.25, 0.3) is 5.91 Å². The number of imide groups is 1. The number of nitrogens with zero attached hydrogens (tertiary/aromatic N) is 5. The number of piperidine rings is 3. The van der Waals surface area contributed by atoms with E-state index < -0.39 is 6.04 Å². The van der Waals surface area contributed by atoms with E-state index in [0.717, 1.165) is 64.0 Å². The van der Waals surface area contributed by atoms with Crippen molar-refractivity contribution in [2.75, 3.05) is 43.5 Å². The number of carbonyl (C=O) groups excluding carboxylic acids is 3. The molecule has 1 aromatic heterocycles. The highest BCUT2D eigenvalue weighted by atomic mass is 16.5. The number of hydrogen-bond acceptors (Lipinski definition) is 9. The molecule has 11 nitrogen and oxygen atoms in total. The number of benzene rings is 2. The molecule has 0 saturated carbocycles. The summed E-state index contributed by atoms with van der Waals surface area (Å²) >= 11 is 0. The minimum Gasteiger partial charge on any atom is -0.481 e. The van der Waals surface area contributed by atoms with Crippen LogP contribution in [0.5, 0.6) is 5.88 Å². The number of nitrogens with one attached hydrogen (secondary N) is 2. The molecular formula is C35H41N7O4. The normalized spacial score (nSPS) is 21.3. The number of methoxy groups -OCH3 is 1. The fourth-order valence-electron chi connectivity index (χ4n) is 7.33. The van der Waals surface area contributed by atoms with Crippen LogP contribution in [0.2, 0.25) is 0 Å². The van der Waals surface area contributed by atoms with Crippen LogP contribution in [0.1, 0.15) is 71.5 Å². The predicted molar refractivity (Wildman–Crippen MR) is 174 cm³/mol. The second-order valence-corrected chi connectivity index (χ2v) is 12.9. The third-order valence-electron chi connectivity index (χ3n) is 9.98. The van der Waals surface area contributed by atoms with Gasteiger partial charge in [0.2, 0.25) is 23.6 Å². The summed E-state index contributed by atoms with van der Waals surface area (Å²) in [5.74, 6) is 0.897. The summed E-state index contributed by atoms with van der Waals surface area (Å²) in [6, 6.07) is 16.8. The topological polar surface area (TPSA) is 120 Å². The summed E-state index contributed by atoms with van der Waals surface area (Å²) in [4.78, 5) is 52.3. The second kappa shape index (κ2) is 13.1. The highest BCUT2D eigenvalue weighted by Crippen LogP contribution is 2.34. The van der Waals surface area contributed by atoms with Gasteiger partial charge in [-0.15, -0.1) is 0 Å². The van der Waals surface area contributed by atoms with Crippen LogP contribution in [-0.4, -0.2) is 82.9 Å². The molecule has 4 aliphatic rings. The number of hydrogen-bond donors (Lipinski definition) is 2. The van der Waals surface area contributed by atoms with Gasteiger partial charge in [-0.2, -0.15) is 4.98 Å². The average molecular weight is 624 g/mol. The Labute approximate surface area is 269 Å². The molecular weight excluding hydrogens is 582 g/mol. The van der Waals surface area contributed by atoms with Gasteiger partial charge in [-0.05, 0) is 86.0 Å². The monoisotopic (exact) mass is 623 g/mol. The summed E-state index contributed by atoms with van der Waals surface area (Å²) in [6.07, 6.45) is 6.57. The highest BCUT2D eigenvalue weighted by Gasteiger charge is 2.39. The summed E-state index contributed by atoms with van der Waals surface area (Å²) in [6.45, 7) is 5.40. The van der Waals surface area contributed by atoms with Gasteiger partial charge in [0.05, 0.1) is 7.11 Å². The Morgan fingerprint density at radius 3 is 2.46 bits per heavy atom. The van der Waals surface area contributed by atoms with Gasteiger partial charge in [-0.3, -0.25) is 24.6 Å². The zero-order chi connectivity index (χ0) is 31.6. The Balaban J connectivity index is 0.878. The van der Waals surface area contributed by atoms with Crippen molar-refractivity contribution in [1.82, 2.24) is 25.1 Å². The van der Waals surface area contributed by atoms with E-state index in [2.05, 4.69) is 66.8 Å². The largest absolute Gasteiger partial charge is 0.481 e. The lowest BCUT2D eigenvalue weighted by molar-refractivity contribution is -0.136. The van der Waals surface area contributed by atoms with E-state index in [4.69, 9.17) is 4.74 Å². The van der Waals surface area contributed by atoms with E-state index in [0.29, 0.717) is 42.3 Å². The van der Waals surface area contributed by atoms with Crippen LogP contribution in [0, 0.1) is 0 Å². The Morgan fingerprint density at radius 1 is 0.935 bits per heavy atom. The summed E-state index contributed by atoms with van der Waals surface area (Å²) in [7, 11) is 1.61. The Kier molecular flexibility index (Phi) is 8.57. The summed E-state index contributed by atoms with van der Waals surface area (Å²) in [5, 5.41) is 5.83. The average Bonchev–Trinajstić information content (AvgIpc) is 3.41. The lowest BCUT2D eigenvalue weighted by Gasteiger charge is -2.34. The minimum atomic E-state index is -0.575. The first-order chi connectivity index (χ1) is 22.4. The maximum atomic E-state index is 13.1. The first-order valence-electron chi connectivity index (χ1n) is 16.4. The quantitative estimate of drug-likeness (QED) is 0.362. The molecule has 3 saturated heterocycles. The van der Waals surface area contributed by atoms with Crippen molar-refractivity contribution in [3.05, 3.63) is 77.0 Å². The zero-order valence-corrected chi connectivity index (χ0v) is 26.3. The van der Waals surface area contributed by atoms with E-state index in [1.807, 2.05) is 6.07 Å². The molecule has 3 aromatic rings. The molecule has 7 rings (SSSR count). The van der Waals surface area contributed by atoms with Crippen molar-refractivity contribution in [2.45, 2.75) is 69.6 Å². The van der Waals surface area contributed by atoms with Crippen LogP contribution in [0.15, 0.2) is 54.7 Å². The summed E-state index contributed by atoms with van der Waals surface area (Å²) < 4.78 is 5.21. The van der Waals surface area contributed by atoms with Gasteiger partial charge < -0.3 is 19.9 Å². The third-order valence-corrected chi connectivity index (χ3v) is 9.98. The lowest BCUT2D eigenvalue weighted by atomic mass is 9.87. The van der Waals surface area contributed by atoms with Crippen LogP contribution in [-0.2, 0) is 22.7 Å². The number of rotatable bonds is 8. The van der Waals surface area contributed by atoms with Crippen molar-refractivity contribution in [3.8, 4) is 5.88 Å². The molecule has 0 radical (unpaired) electrons. The molecule has 3 fully saturated rings. The van der Waals surface area contributed by atoms with Crippen LogP contribution < -0.4 is 20.3 Å². The van der Waals surface area contributed by atoms with Gasteiger partial charge in [-0.25, -0.2) is 4.98 Å². The molecule has 5 heterocycles. The molecule has 0 spiro atoms. The highest BCUT2D eigenvalue weighted by molar-refractivity contribution is 6.05. The van der Waals surface area contributed by atoms with Crippen molar-refractivity contribution in [2.24, 2.45) is 0 Å². The molecule has 11 heteroatoms. The van der Waals surface area contributed by atoms with E-state index in [1.54, 1.807) is 24.3 Å². The molecule has 46 heavy (non-hydrogen) atoms. The molecule has 1 unspecified atom stereocenters. The standard InChI is InChI=1S/C35H41N7O4/c1-46-32-10-15-36-35(39-32)37-27-13-18-41(19-14-27)28-5-2-23(3-6-28)21-40-16-11-24(12-17-40)25-4-7-29-26(20-25)22-42(34(29)45)30-8-9-31(43)38-33(30)44/h2-7,10,15,20,24,27,30H,8-9,11-14,16-19,21-22H2,1H3,(H,36,37,39)(H,38,43,44). The fourth-order valence-corrected chi connectivity index (χ4v) is 7.33. The van der Waals surface area contributed by atoms with Crippen LogP contribution in [0.3, 0.4) is 0 Å². The maximum Gasteiger partial charge on any atom is 0.255 e. The maximum absolute atomic E-state index is 13.1. The van der Waals surface area contributed by atoms with Gasteiger partial charge in [0.15, 0.2) is 0 Å². The minimum absolute atomic E-state index is 0.113. The van der Waals surface area contributed by atoms with Crippen molar-refractivity contribution < 1.29 is 19.1 Å². The molecule has 240 valence electrons. The molecule has 2 N–H and O–H groups in total. The molecule has 2 aromatic carbocycles. The van der Waals surface area contributed by atoms with Gasteiger partial charge in [-0.1, -0.05) is 24.3 Å². The van der Waals surface area contributed by atoms with Crippen LogP contribution in [0.25, 0.3) is 0 Å². The van der Waals surface area contributed by atoms with Gasteiger partial charge >= 0.3 is 0 Å². The number of aromatic nitrogens is 2. The Bertz CT molecular complexity index is 1600. The molecule has 3 amide bonds. The van der Waals surface area contributed by atoms with Crippen LogP contribution in [0.4, 0.5) is 11.6 Å². The van der Waals surface area contributed by atoms with Crippen molar-refractivity contribution in [3.63, 3.8) is 0 Å². The van der Waals surface area contributed by atoms with E-state index in [1.165, 1.54) is 16.8 Å². The zero-order valence-electron chi connectivity index (χ0n) is 26.3. The first kappa shape index (κ1) is 30.2. The molecule has 1 atom stereocenters. The predicted octanol–water partition coefficient (Wildman–Crippen LogP) is 3.71. The van der Waals surface area contributed by atoms with E-state index in [9.17, 15) is 14.4 Å². The number of amides is 3. The van der Waals surface area contributed by atoms with Crippen molar-refractivity contribution >= 4 is 29.4 Å². The van der Waals surface area contributed by atoms with E-state index >= 15 is 0 Å². The van der Waals surface area contributed by atoms with E-state index in [-0.39, 0.29) is 24.1 Å². The third kappa shape index (κ3) is 6.42. The fraction of sp³-hybridized carbons (Fsp3) is 0.457. The number of fused-ring (bicyclic) bond motifs is 1. The van der Waals surface area contributed by atoms with Gasteiger partial charge in [0, 0.05) is 62.2 Å². The Hall–Kier alpha value is -4.51. The second-order valence-electron chi connectivity index (χ2n) is 12.9. The molecule has 4 aliphatic heterocycles. The first-order valence-corrected chi connectivity index (χ1v) is 16.4. The number of anilines is 2. The van der Waals surface area contributed by atoms with Crippen molar-refractivity contribution in [1.29, 1.82) is 0 Å². The lowest BCUT2D eigenvalue weighted by Crippen LogP contribution is -2.52. The number of ether oxygens (including phenoxy) is 1. The number of carbonyl (C=O) groups is 3. The smallest absolute Gasteiger partial charge is 0.255 e. The Morgan fingerprint density at radius 2 is 1.72 bits per heavy atom. The molecule has 0 bridgehead atoms. The van der Waals surface area contributed by atoms with Crippen LogP contribution >= 0.6 is 0 Å². The SMILES string of the molecule is COc1ccnc(NC2CCN(c3ccc(CN4CCC(c5ccc6c(c5)CN(C5CCC(=O)NC5=O)C6=O)CC4)cc3)CC2)n1. The van der Waals surface area contributed by atoms with Gasteiger partial charge in [0.1, 0.15) is 6.04 Å². The number of likely N-dealkylation sites (tertiary alicyclic amines) is 1. The molecule has 0 aliphatic carbocycles.